The highest BCUT2D eigenvalue weighted by atomic mass is 16.3. The van der Waals surface area contributed by atoms with Gasteiger partial charge in [-0.15, -0.1) is 0 Å². The number of hydrogen-bond acceptors (Lipinski definition) is 5. The molecule has 6 nitrogen and oxygen atoms in total. The van der Waals surface area contributed by atoms with E-state index in [4.69, 9.17) is 5.11 Å². The molecule has 132 valence electrons. The number of aliphatic hydroxyl groups is 2. The minimum absolute atomic E-state index is 0.0756. The number of rotatable bonds is 7. The molecule has 0 saturated carbocycles. The summed E-state index contributed by atoms with van der Waals surface area (Å²) in [6.45, 7) is 4.13. The summed E-state index contributed by atoms with van der Waals surface area (Å²) >= 11 is 0. The summed E-state index contributed by atoms with van der Waals surface area (Å²) < 4.78 is 1.75. The van der Waals surface area contributed by atoms with E-state index in [1.54, 1.807) is 11.4 Å². The van der Waals surface area contributed by atoms with Crippen molar-refractivity contribution < 1.29 is 10.2 Å². The molecule has 0 spiro atoms. The highest BCUT2D eigenvalue weighted by Crippen LogP contribution is 2.23. The maximum absolute atomic E-state index is 10.5. The molecule has 1 atom stereocenters. The zero-order valence-corrected chi connectivity index (χ0v) is 14.6. The molecular formula is C19H24N4O2. The summed E-state index contributed by atoms with van der Waals surface area (Å²) in [5, 5.41) is 27.2. The van der Waals surface area contributed by atoms with Crippen LogP contribution in [0.5, 0.6) is 0 Å². The van der Waals surface area contributed by atoms with Crippen molar-refractivity contribution in [3.8, 4) is 11.3 Å². The SMILES string of the molecule is Cc1cc2nc(-c3ccccc3)cc(NCC(C)(O)CCCO)n2n1. The van der Waals surface area contributed by atoms with Gasteiger partial charge in [-0.3, -0.25) is 0 Å². The van der Waals surface area contributed by atoms with Crippen molar-refractivity contribution in [2.45, 2.75) is 32.3 Å². The molecule has 0 fully saturated rings. The molecule has 2 heterocycles. The van der Waals surface area contributed by atoms with Gasteiger partial charge in [0.15, 0.2) is 5.65 Å². The third kappa shape index (κ3) is 4.15. The van der Waals surface area contributed by atoms with Gasteiger partial charge in [0.05, 0.1) is 17.0 Å². The average molecular weight is 340 g/mol. The summed E-state index contributed by atoms with van der Waals surface area (Å²) in [5.74, 6) is 0.779. The van der Waals surface area contributed by atoms with E-state index >= 15 is 0 Å². The van der Waals surface area contributed by atoms with Crippen LogP contribution < -0.4 is 5.32 Å². The molecule has 0 amide bonds. The van der Waals surface area contributed by atoms with E-state index in [1.807, 2.05) is 49.4 Å². The van der Waals surface area contributed by atoms with Gasteiger partial charge in [-0.2, -0.15) is 9.61 Å². The van der Waals surface area contributed by atoms with Gasteiger partial charge in [-0.1, -0.05) is 30.3 Å². The fourth-order valence-electron chi connectivity index (χ4n) is 2.80. The van der Waals surface area contributed by atoms with Gasteiger partial charge in [0, 0.05) is 30.8 Å². The van der Waals surface area contributed by atoms with Crippen molar-refractivity contribution in [2.75, 3.05) is 18.5 Å². The van der Waals surface area contributed by atoms with Crippen LogP contribution in [-0.2, 0) is 0 Å². The van der Waals surface area contributed by atoms with Gasteiger partial charge in [-0.05, 0) is 26.7 Å². The molecule has 6 heteroatoms. The molecule has 3 aromatic rings. The summed E-state index contributed by atoms with van der Waals surface area (Å²) in [6.07, 6.45) is 1.09. The van der Waals surface area contributed by atoms with Crippen LogP contribution in [0.4, 0.5) is 5.82 Å². The highest BCUT2D eigenvalue weighted by Gasteiger charge is 2.20. The van der Waals surface area contributed by atoms with Crippen LogP contribution >= 0.6 is 0 Å². The Kier molecular flexibility index (Phi) is 5.01. The second kappa shape index (κ2) is 7.21. The van der Waals surface area contributed by atoms with Crippen molar-refractivity contribution in [1.82, 2.24) is 14.6 Å². The Morgan fingerprint density at radius 1 is 1.20 bits per heavy atom. The number of benzene rings is 1. The summed E-state index contributed by atoms with van der Waals surface area (Å²) in [6, 6.07) is 13.8. The molecule has 0 saturated heterocycles. The van der Waals surface area contributed by atoms with Crippen molar-refractivity contribution in [1.29, 1.82) is 0 Å². The summed E-state index contributed by atoms with van der Waals surface area (Å²) in [5.41, 5.74) is 2.61. The highest BCUT2D eigenvalue weighted by molar-refractivity contribution is 5.66. The van der Waals surface area contributed by atoms with Crippen LogP contribution in [0.25, 0.3) is 16.9 Å². The first-order valence-corrected chi connectivity index (χ1v) is 8.48. The Morgan fingerprint density at radius 3 is 2.68 bits per heavy atom. The quantitative estimate of drug-likeness (QED) is 0.616. The predicted molar refractivity (Wildman–Crippen MR) is 98.6 cm³/mol. The van der Waals surface area contributed by atoms with Crippen molar-refractivity contribution >= 4 is 11.5 Å². The molecule has 0 aliphatic rings. The molecule has 1 unspecified atom stereocenters. The molecular weight excluding hydrogens is 316 g/mol. The predicted octanol–water partition coefficient (Wildman–Crippen LogP) is 2.64. The Bertz CT molecular complexity index is 843. The van der Waals surface area contributed by atoms with E-state index in [2.05, 4.69) is 15.4 Å². The fourth-order valence-corrected chi connectivity index (χ4v) is 2.80. The Balaban J connectivity index is 1.93. The number of aromatic nitrogens is 3. The van der Waals surface area contributed by atoms with Gasteiger partial charge in [0.1, 0.15) is 5.82 Å². The molecule has 0 radical (unpaired) electrons. The fraction of sp³-hybridized carbons (Fsp3) is 0.368. The zero-order chi connectivity index (χ0) is 17.9. The number of aliphatic hydroxyl groups excluding tert-OH is 1. The van der Waals surface area contributed by atoms with Crippen molar-refractivity contribution in [3.05, 3.63) is 48.2 Å². The lowest BCUT2D eigenvalue weighted by molar-refractivity contribution is 0.0564. The Labute approximate surface area is 147 Å². The lowest BCUT2D eigenvalue weighted by atomic mass is 10.0. The molecule has 1 aromatic carbocycles. The van der Waals surface area contributed by atoms with Crippen LogP contribution in [0.1, 0.15) is 25.5 Å². The second-order valence-corrected chi connectivity index (χ2v) is 6.63. The van der Waals surface area contributed by atoms with Gasteiger partial charge in [0.25, 0.3) is 0 Å². The molecule has 3 N–H and O–H groups in total. The monoisotopic (exact) mass is 340 g/mol. The van der Waals surface area contributed by atoms with E-state index < -0.39 is 5.60 Å². The smallest absolute Gasteiger partial charge is 0.158 e. The Morgan fingerprint density at radius 2 is 1.96 bits per heavy atom. The number of fused-ring (bicyclic) bond motifs is 1. The second-order valence-electron chi connectivity index (χ2n) is 6.63. The van der Waals surface area contributed by atoms with Crippen LogP contribution in [0, 0.1) is 6.92 Å². The first kappa shape index (κ1) is 17.4. The average Bonchev–Trinajstić information content (AvgIpc) is 2.99. The molecule has 0 bridgehead atoms. The zero-order valence-electron chi connectivity index (χ0n) is 14.6. The van der Waals surface area contributed by atoms with Gasteiger partial charge in [0.2, 0.25) is 0 Å². The Hall–Kier alpha value is -2.44. The van der Waals surface area contributed by atoms with E-state index in [0.29, 0.717) is 19.4 Å². The van der Waals surface area contributed by atoms with Crippen LogP contribution in [0.2, 0.25) is 0 Å². The normalized spacial score (nSPS) is 13.8. The van der Waals surface area contributed by atoms with Crippen molar-refractivity contribution in [2.24, 2.45) is 0 Å². The molecule has 25 heavy (non-hydrogen) atoms. The lowest BCUT2D eigenvalue weighted by Gasteiger charge is -2.24. The maximum Gasteiger partial charge on any atom is 0.158 e. The minimum Gasteiger partial charge on any atom is -0.396 e. The molecule has 0 aliphatic heterocycles. The first-order valence-electron chi connectivity index (χ1n) is 8.48. The van der Waals surface area contributed by atoms with Crippen molar-refractivity contribution in [3.63, 3.8) is 0 Å². The first-order chi connectivity index (χ1) is 12.0. The number of nitrogens with one attached hydrogen (secondary N) is 1. The third-order valence-corrected chi connectivity index (χ3v) is 4.14. The minimum atomic E-state index is -0.909. The van der Waals surface area contributed by atoms with Crippen LogP contribution in [0.15, 0.2) is 42.5 Å². The molecule has 3 rings (SSSR count). The van der Waals surface area contributed by atoms with E-state index in [9.17, 15) is 5.11 Å². The number of aryl methyl sites for hydroxylation is 1. The number of nitrogens with zero attached hydrogens (tertiary/aromatic N) is 3. The standard InChI is InChI=1S/C19H24N4O2/c1-14-11-18-21-16(15-7-4-3-5-8-15)12-17(23(18)22-14)20-13-19(2,25)9-6-10-24/h3-5,7-8,11-12,20,24-25H,6,9-10,13H2,1-2H3. The van der Waals surface area contributed by atoms with E-state index in [1.165, 1.54) is 0 Å². The largest absolute Gasteiger partial charge is 0.396 e. The van der Waals surface area contributed by atoms with E-state index in [0.717, 1.165) is 28.4 Å². The van der Waals surface area contributed by atoms with Gasteiger partial charge < -0.3 is 15.5 Å². The number of anilines is 1. The molecule has 2 aromatic heterocycles. The molecule has 0 aliphatic carbocycles. The summed E-state index contributed by atoms with van der Waals surface area (Å²) in [7, 11) is 0. The maximum atomic E-state index is 10.5. The van der Waals surface area contributed by atoms with Gasteiger partial charge >= 0.3 is 0 Å². The van der Waals surface area contributed by atoms with Crippen LogP contribution in [-0.4, -0.2) is 43.6 Å². The summed E-state index contributed by atoms with van der Waals surface area (Å²) in [4.78, 5) is 4.69. The van der Waals surface area contributed by atoms with E-state index in [-0.39, 0.29) is 6.61 Å². The topological polar surface area (TPSA) is 82.7 Å². The van der Waals surface area contributed by atoms with Gasteiger partial charge in [-0.25, -0.2) is 4.98 Å². The number of hydrogen-bond donors (Lipinski definition) is 3. The third-order valence-electron chi connectivity index (χ3n) is 4.14. The lowest BCUT2D eigenvalue weighted by Crippen LogP contribution is -2.34. The van der Waals surface area contributed by atoms with Crippen LogP contribution in [0.3, 0.4) is 0 Å².